The van der Waals surface area contributed by atoms with Gasteiger partial charge in [-0.3, -0.25) is 0 Å². The number of aromatic nitrogens is 1. The van der Waals surface area contributed by atoms with Gasteiger partial charge in [0.25, 0.3) is 0 Å². The van der Waals surface area contributed by atoms with Crippen LogP contribution in [0.1, 0.15) is 51.7 Å². The second kappa shape index (κ2) is 10.2. The van der Waals surface area contributed by atoms with E-state index in [1.165, 1.54) is 0 Å². The molecule has 0 amide bonds. The van der Waals surface area contributed by atoms with E-state index in [0.29, 0.717) is 35.0 Å². The second-order valence-corrected chi connectivity index (χ2v) is 9.22. The average Bonchev–Trinajstić information content (AvgIpc) is 2.82. The molecule has 0 unspecified atom stereocenters. The van der Waals surface area contributed by atoms with Gasteiger partial charge in [0.2, 0.25) is 5.88 Å². The molecule has 0 radical (unpaired) electrons. The first-order valence-electron chi connectivity index (χ1n) is 11.3. The van der Waals surface area contributed by atoms with E-state index in [9.17, 15) is 15.8 Å². The number of benzene rings is 1. The summed E-state index contributed by atoms with van der Waals surface area (Å²) in [6.45, 7) is 10.7. The van der Waals surface area contributed by atoms with Crippen LogP contribution in [-0.4, -0.2) is 24.7 Å². The van der Waals surface area contributed by atoms with Gasteiger partial charge in [-0.2, -0.15) is 20.8 Å². The molecule has 0 aliphatic carbocycles. The summed E-state index contributed by atoms with van der Waals surface area (Å²) < 4.78 is 5.80. The number of nitriles is 3. The van der Waals surface area contributed by atoms with Crippen LogP contribution in [0.25, 0.3) is 17.2 Å². The van der Waals surface area contributed by atoms with E-state index in [1.807, 2.05) is 49.4 Å². The fraction of sp³-hybridized carbons (Fsp3) is 0.407. The predicted molar refractivity (Wildman–Crippen MR) is 129 cm³/mol. The first-order valence-corrected chi connectivity index (χ1v) is 11.3. The van der Waals surface area contributed by atoms with Gasteiger partial charge < -0.3 is 9.64 Å². The summed E-state index contributed by atoms with van der Waals surface area (Å²) in [5.41, 5.74) is 2.55. The monoisotopic (exact) mass is 439 g/mol. The van der Waals surface area contributed by atoms with Crippen molar-refractivity contribution in [2.24, 2.45) is 11.3 Å². The van der Waals surface area contributed by atoms with E-state index < -0.39 is 0 Å². The minimum atomic E-state index is -0.0344. The molecule has 1 saturated heterocycles. The van der Waals surface area contributed by atoms with Crippen LogP contribution in [0.4, 0.5) is 5.82 Å². The van der Waals surface area contributed by atoms with Crippen molar-refractivity contribution in [2.75, 3.05) is 24.6 Å². The first kappa shape index (κ1) is 23.8. The Morgan fingerprint density at radius 2 is 1.76 bits per heavy atom. The molecule has 1 fully saturated rings. The zero-order valence-electron chi connectivity index (χ0n) is 19.7. The third-order valence-electron chi connectivity index (χ3n) is 6.19. The molecule has 1 aliphatic heterocycles. The number of piperidine rings is 1. The topological polar surface area (TPSA) is 96.7 Å². The predicted octanol–water partition coefficient (Wildman–Crippen LogP) is 5.71. The van der Waals surface area contributed by atoms with Crippen molar-refractivity contribution in [1.29, 1.82) is 15.8 Å². The third kappa shape index (κ3) is 5.16. The minimum Gasteiger partial charge on any atom is -0.477 e. The zero-order chi connectivity index (χ0) is 24.0. The molecule has 3 rings (SSSR count). The van der Waals surface area contributed by atoms with E-state index in [4.69, 9.17) is 9.72 Å². The van der Waals surface area contributed by atoms with Crippen LogP contribution in [0.15, 0.2) is 35.9 Å². The van der Waals surface area contributed by atoms with Crippen LogP contribution in [0.3, 0.4) is 0 Å². The van der Waals surface area contributed by atoms with Crippen LogP contribution >= 0.6 is 0 Å². The Morgan fingerprint density at radius 1 is 1.12 bits per heavy atom. The molecule has 2 aromatic rings. The average molecular weight is 440 g/mol. The highest BCUT2D eigenvalue weighted by atomic mass is 16.5. The second-order valence-electron chi connectivity index (χ2n) is 9.22. The van der Waals surface area contributed by atoms with Gasteiger partial charge >= 0.3 is 0 Å². The summed E-state index contributed by atoms with van der Waals surface area (Å²) in [5.74, 6) is 1.52. The smallest absolute Gasteiger partial charge is 0.234 e. The van der Waals surface area contributed by atoms with Gasteiger partial charge in [0.05, 0.1) is 6.61 Å². The Morgan fingerprint density at radius 3 is 2.27 bits per heavy atom. The number of rotatable bonds is 5. The number of nitrogens with zero attached hydrogens (tertiary/aromatic N) is 5. The van der Waals surface area contributed by atoms with Gasteiger partial charge in [-0.1, -0.05) is 51.1 Å². The van der Waals surface area contributed by atoms with E-state index in [0.717, 1.165) is 31.5 Å². The van der Waals surface area contributed by atoms with Crippen molar-refractivity contribution in [3.8, 4) is 35.2 Å². The Bertz CT molecular complexity index is 1130. The lowest BCUT2D eigenvalue weighted by Crippen LogP contribution is -2.39. The molecule has 0 atom stereocenters. The number of allylic oxidation sites excluding steroid dienone is 1. The SMILES string of the molecule is CCOc1nc(N2CCC(C(C)(C)C)CC2)c(C=C(C#N)C#N)c(-c2ccccc2)c1C#N. The summed E-state index contributed by atoms with van der Waals surface area (Å²) in [4.78, 5) is 6.96. The zero-order valence-corrected chi connectivity index (χ0v) is 19.7. The van der Waals surface area contributed by atoms with Crippen LogP contribution in [-0.2, 0) is 0 Å². The van der Waals surface area contributed by atoms with Gasteiger partial charge in [-0.15, -0.1) is 0 Å². The molecule has 0 N–H and O–H groups in total. The molecule has 1 aromatic heterocycles. The van der Waals surface area contributed by atoms with E-state index in [2.05, 4.69) is 31.7 Å². The molecule has 168 valence electrons. The summed E-state index contributed by atoms with van der Waals surface area (Å²) >= 11 is 0. The fourth-order valence-corrected chi connectivity index (χ4v) is 4.38. The summed E-state index contributed by atoms with van der Waals surface area (Å²) in [6.07, 6.45) is 3.59. The Labute approximate surface area is 196 Å². The Hall–Kier alpha value is -3.82. The maximum absolute atomic E-state index is 10.1. The third-order valence-corrected chi connectivity index (χ3v) is 6.19. The van der Waals surface area contributed by atoms with E-state index in [1.54, 1.807) is 6.08 Å². The normalized spacial score (nSPS) is 14.0. The van der Waals surface area contributed by atoms with E-state index in [-0.39, 0.29) is 16.9 Å². The van der Waals surface area contributed by atoms with Crippen LogP contribution < -0.4 is 9.64 Å². The number of hydrogen-bond donors (Lipinski definition) is 0. The van der Waals surface area contributed by atoms with Gasteiger partial charge in [0, 0.05) is 24.2 Å². The Balaban J connectivity index is 2.27. The maximum Gasteiger partial charge on any atom is 0.234 e. The molecule has 1 aliphatic rings. The fourth-order valence-electron chi connectivity index (χ4n) is 4.38. The lowest BCUT2D eigenvalue weighted by molar-refractivity contribution is 0.198. The van der Waals surface area contributed by atoms with Crippen LogP contribution in [0.2, 0.25) is 0 Å². The highest BCUT2D eigenvalue weighted by Crippen LogP contribution is 2.41. The summed E-state index contributed by atoms with van der Waals surface area (Å²) in [6, 6.07) is 15.7. The number of anilines is 1. The number of hydrogen-bond acceptors (Lipinski definition) is 6. The van der Waals surface area contributed by atoms with Crippen molar-refractivity contribution in [3.63, 3.8) is 0 Å². The Kier molecular flexibility index (Phi) is 7.37. The van der Waals surface area contributed by atoms with Crippen LogP contribution in [0.5, 0.6) is 5.88 Å². The van der Waals surface area contributed by atoms with Gasteiger partial charge in [0.15, 0.2) is 0 Å². The standard InChI is InChI=1S/C27H29N5O/c1-5-33-26-23(18-30)24(20-9-7-6-8-10-20)22(15-19(16-28)17-29)25(31-26)32-13-11-21(12-14-32)27(2,3)4/h6-10,15,21H,5,11-14H2,1-4H3. The van der Waals surface area contributed by atoms with Crippen molar-refractivity contribution < 1.29 is 4.74 Å². The lowest BCUT2D eigenvalue weighted by atomic mass is 9.75. The lowest BCUT2D eigenvalue weighted by Gasteiger charge is -2.40. The van der Waals surface area contributed by atoms with E-state index >= 15 is 0 Å². The molecule has 2 heterocycles. The molecule has 6 nitrogen and oxygen atoms in total. The molecular weight excluding hydrogens is 410 g/mol. The van der Waals surface area contributed by atoms with Crippen LogP contribution in [0, 0.1) is 45.3 Å². The molecule has 0 bridgehead atoms. The molecule has 0 spiro atoms. The quantitative estimate of drug-likeness (QED) is 0.553. The summed E-state index contributed by atoms with van der Waals surface area (Å²) in [7, 11) is 0. The molecule has 33 heavy (non-hydrogen) atoms. The van der Waals surface area contributed by atoms with Crippen molar-refractivity contribution in [3.05, 3.63) is 47.0 Å². The first-order chi connectivity index (χ1) is 15.8. The van der Waals surface area contributed by atoms with Crippen molar-refractivity contribution in [2.45, 2.75) is 40.5 Å². The number of pyridine rings is 1. The van der Waals surface area contributed by atoms with Crippen molar-refractivity contribution >= 4 is 11.9 Å². The van der Waals surface area contributed by atoms with Gasteiger partial charge in [-0.25, -0.2) is 0 Å². The molecular formula is C27H29N5O. The highest BCUT2D eigenvalue weighted by Gasteiger charge is 2.31. The number of ether oxygens (including phenoxy) is 1. The molecule has 0 saturated carbocycles. The van der Waals surface area contributed by atoms with Gasteiger partial charge in [-0.05, 0) is 42.7 Å². The van der Waals surface area contributed by atoms with Crippen molar-refractivity contribution in [1.82, 2.24) is 4.98 Å². The largest absolute Gasteiger partial charge is 0.477 e. The van der Waals surface area contributed by atoms with Gasteiger partial charge in [0.1, 0.15) is 35.2 Å². The maximum atomic E-state index is 10.1. The minimum absolute atomic E-state index is 0.0344. The molecule has 6 heteroatoms. The molecule has 1 aromatic carbocycles. The summed E-state index contributed by atoms with van der Waals surface area (Å²) in [5, 5.41) is 29.0. The highest BCUT2D eigenvalue weighted by molar-refractivity contribution is 5.88.